The van der Waals surface area contributed by atoms with E-state index in [1.165, 1.54) is 37.7 Å². The summed E-state index contributed by atoms with van der Waals surface area (Å²) in [4.78, 5) is 11.9. The minimum atomic E-state index is -0.544. The molecule has 0 saturated heterocycles. The number of carbonyl (C=O) groups is 1. The van der Waals surface area contributed by atoms with Crippen LogP contribution in [-0.4, -0.2) is 17.9 Å². The number of aryl methyl sites for hydroxylation is 1. The van der Waals surface area contributed by atoms with Crippen LogP contribution in [0.5, 0.6) is 11.5 Å². The van der Waals surface area contributed by atoms with Gasteiger partial charge in [0.2, 0.25) is 6.79 Å². The Morgan fingerprint density at radius 3 is 2.75 bits per heavy atom. The first-order valence-electron chi connectivity index (χ1n) is 11.0. The number of carboxylic acid groups (broad SMARTS) is 1. The largest absolute Gasteiger partial charge is 0.481 e. The van der Waals surface area contributed by atoms with E-state index in [2.05, 4.69) is 24.3 Å². The summed E-state index contributed by atoms with van der Waals surface area (Å²) in [5.74, 6) is 5.47. The first kappa shape index (κ1) is 16.9. The van der Waals surface area contributed by atoms with Gasteiger partial charge in [-0.2, -0.15) is 0 Å². The normalized spacial score (nSPS) is 40.6. The molecule has 7 rings (SSSR count). The van der Waals surface area contributed by atoms with Crippen molar-refractivity contribution in [1.82, 2.24) is 0 Å². The minimum Gasteiger partial charge on any atom is -0.481 e. The van der Waals surface area contributed by atoms with Gasteiger partial charge in [-0.25, -0.2) is 0 Å². The summed E-state index contributed by atoms with van der Waals surface area (Å²) >= 11 is 0. The molecular weight excluding hydrogens is 352 g/mol. The van der Waals surface area contributed by atoms with Gasteiger partial charge in [0.05, 0.1) is 5.92 Å². The smallest absolute Gasteiger partial charge is 0.307 e. The second-order valence-electron chi connectivity index (χ2n) is 9.57. The van der Waals surface area contributed by atoms with E-state index >= 15 is 0 Å². The summed E-state index contributed by atoms with van der Waals surface area (Å²) in [6.07, 6.45) is 11.9. The molecule has 28 heavy (non-hydrogen) atoms. The standard InChI is InChI=1S/C24H28O4/c25-24(26)23-16-8-7-15-18(23)11-17-14(21(16)22(15)17)5-3-1-2-4-13-6-9-19-20(10-13)28-12-27-19/h6-10,14-18,21-23H,1-5,11-12H2,(H,25,26)/t14-,15-,16-,17-,18-,21-,22-,23-/m0/s1. The zero-order valence-electron chi connectivity index (χ0n) is 16.1. The van der Waals surface area contributed by atoms with Crippen molar-refractivity contribution in [3.05, 3.63) is 35.9 Å². The fraction of sp³-hybridized carbons (Fsp3) is 0.625. The SMILES string of the molecule is O=C(O)[C@H]1[C@H]2C=C[C@H]3[C@@H]1C[C@H]1[C@H](CCCCCc4ccc5c(c4)OCO5)[C@@H]2[C@@H]31. The fourth-order valence-electron chi connectivity index (χ4n) is 7.59. The van der Waals surface area contributed by atoms with Crippen molar-refractivity contribution in [2.24, 2.45) is 47.3 Å². The first-order chi connectivity index (χ1) is 13.7. The maximum absolute atomic E-state index is 11.9. The van der Waals surface area contributed by atoms with Crippen molar-refractivity contribution in [2.75, 3.05) is 6.79 Å². The number of benzene rings is 1. The average molecular weight is 380 g/mol. The Labute approximate surface area is 165 Å². The number of rotatable bonds is 7. The third-order valence-corrected chi connectivity index (χ3v) is 8.57. The zero-order valence-corrected chi connectivity index (χ0v) is 16.1. The first-order valence-corrected chi connectivity index (χ1v) is 11.0. The van der Waals surface area contributed by atoms with Crippen LogP contribution in [0.15, 0.2) is 30.4 Å². The van der Waals surface area contributed by atoms with Crippen molar-refractivity contribution in [3.8, 4) is 11.5 Å². The predicted octanol–water partition coefficient (Wildman–Crippen LogP) is 4.53. The molecule has 1 aromatic rings. The Morgan fingerprint density at radius 1 is 1.00 bits per heavy atom. The number of fused-ring (bicyclic) bond motifs is 1. The molecule has 1 aromatic carbocycles. The van der Waals surface area contributed by atoms with Gasteiger partial charge < -0.3 is 14.6 Å². The molecule has 1 aliphatic heterocycles. The predicted molar refractivity (Wildman–Crippen MR) is 104 cm³/mol. The zero-order chi connectivity index (χ0) is 18.8. The quantitative estimate of drug-likeness (QED) is 0.558. The van der Waals surface area contributed by atoms with Gasteiger partial charge in [0.25, 0.3) is 0 Å². The molecule has 0 amide bonds. The lowest BCUT2D eigenvalue weighted by Gasteiger charge is -2.59. The minimum absolute atomic E-state index is 0.0998. The summed E-state index contributed by atoms with van der Waals surface area (Å²) in [6.45, 7) is 0.337. The number of carboxylic acids is 1. The van der Waals surface area contributed by atoms with Crippen LogP contribution in [0.2, 0.25) is 0 Å². The molecule has 1 N–H and O–H groups in total. The highest BCUT2D eigenvalue weighted by atomic mass is 16.7. The lowest BCUT2D eigenvalue weighted by molar-refractivity contribution is -0.155. The van der Waals surface area contributed by atoms with Gasteiger partial charge >= 0.3 is 5.97 Å². The van der Waals surface area contributed by atoms with Crippen LogP contribution in [0.3, 0.4) is 0 Å². The molecule has 0 radical (unpaired) electrons. The van der Waals surface area contributed by atoms with Gasteiger partial charge in [-0.3, -0.25) is 4.79 Å². The Balaban J connectivity index is 1.03. The summed E-state index contributed by atoms with van der Waals surface area (Å²) in [7, 11) is 0. The van der Waals surface area contributed by atoms with E-state index in [-0.39, 0.29) is 5.92 Å². The number of hydrogen-bond donors (Lipinski definition) is 1. The highest BCUT2D eigenvalue weighted by Gasteiger charge is 2.69. The van der Waals surface area contributed by atoms with E-state index < -0.39 is 5.97 Å². The molecule has 4 bridgehead atoms. The van der Waals surface area contributed by atoms with Crippen molar-refractivity contribution in [3.63, 3.8) is 0 Å². The van der Waals surface area contributed by atoms with Crippen LogP contribution in [0.25, 0.3) is 0 Å². The third kappa shape index (κ3) is 2.33. The highest BCUT2D eigenvalue weighted by Crippen LogP contribution is 2.72. The Kier molecular flexibility index (Phi) is 3.79. The molecule has 4 nitrogen and oxygen atoms in total. The van der Waals surface area contributed by atoms with Crippen LogP contribution in [0, 0.1) is 47.3 Å². The van der Waals surface area contributed by atoms with E-state index in [1.54, 1.807) is 0 Å². The molecule has 4 heteroatoms. The summed E-state index contributed by atoms with van der Waals surface area (Å²) in [6, 6.07) is 6.28. The number of ether oxygens (including phenoxy) is 2. The summed E-state index contributed by atoms with van der Waals surface area (Å²) in [5, 5.41) is 9.76. The number of unbranched alkanes of at least 4 members (excludes halogenated alkanes) is 2. The molecule has 0 spiro atoms. The van der Waals surface area contributed by atoms with E-state index in [0.717, 1.165) is 35.7 Å². The lowest BCUT2D eigenvalue weighted by atomic mass is 9.45. The van der Waals surface area contributed by atoms with Crippen LogP contribution in [0.1, 0.15) is 37.7 Å². The highest BCUT2D eigenvalue weighted by molar-refractivity contribution is 5.72. The van der Waals surface area contributed by atoms with Crippen molar-refractivity contribution >= 4 is 5.97 Å². The van der Waals surface area contributed by atoms with Gasteiger partial charge in [-0.15, -0.1) is 0 Å². The fourth-order valence-corrected chi connectivity index (χ4v) is 7.59. The molecule has 5 aliphatic carbocycles. The molecule has 8 atom stereocenters. The number of allylic oxidation sites excluding steroid dienone is 2. The van der Waals surface area contributed by atoms with E-state index in [0.29, 0.717) is 30.5 Å². The second kappa shape index (κ2) is 6.27. The van der Waals surface area contributed by atoms with Crippen LogP contribution >= 0.6 is 0 Å². The second-order valence-corrected chi connectivity index (χ2v) is 9.57. The van der Waals surface area contributed by atoms with Crippen molar-refractivity contribution < 1.29 is 19.4 Å². The van der Waals surface area contributed by atoms with Gasteiger partial charge in [0.15, 0.2) is 11.5 Å². The molecule has 1 heterocycles. The average Bonchev–Trinajstić information content (AvgIpc) is 3.22. The Morgan fingerprint density at radius 2 is 1.86 bits per heavy atom. The molecule has 6 aliphatic rings. The van der Waals surface area contributed by atoms with Gasteiger partial charge in [0, 0.05) is 0 Å². The van der Waals surface area contributed by atoms with Crippen LogP contribution in [-0.2, 0) is 11.2 Å². The molecule has 148 valence electrons. The Bertz CT molecular complexity index is 830. The van der Waals surface area contributed by atoms with E-state index in [1.807, 2.05) is 6.07 Å². The lowest BCUT2D eigenvalue weighted by Crippen LogP contribution is -2.56. The van der Waals surface area contributed by atoms with Crippen LogP contribution in [0.4, 0.5) is 0 Å². The van der Waals surface area contributed by atoms with Gasteiger partial charge in [-0.1, -0.05) is 31.1 Å². The topological polar surface area (TPSA) is 55.8 Å². The van der Waals surface area contributed by atoms with Crippen molar-refractivity contribution in [1.29, 1.82) is 0 Å². The maximum atomic E-state index is 11.9. The van der Waals surface area contributed by atoms with Gasteiger partial charge in [-0.05, 0) is 84.8 Å². The number of aliphatic carboxylic acids is 1. The Hall–Kier alpha value is -1.97. The molecule has 0 aromatic heterocycles. The van der Waals surface area contributed by atoms with E-state index in [4.69, 9.17) is 9.47 Å². The third-order valence-electron chi connectivity index (χ3n) is 8.57. The molecule has 0 unspecified atom stereocenters. The molecule has 3 fully saturated rings. The summed E-state index contributed by atoms with van der Waals surface area (Å²) < 4.78 is 10.8. The summed E-state index contributed by atoms with van der Waals surface area (Å²) in [5.41, 5.74) is 1.33. The molecular formula is C24H28O4. The molecule has 3 saturated carbocycles. The van der Waals surface area contributed by atoms with Crippen molar-refractivity contribution in [2.45, 2.75) is 38.5 Å². The number of hydrogen-bond acceptors (Lipinski definition) is 3. The maximum Gasteiger partial charge on any atom is 0.307 e. The monoisotopic (exact) mass is 380 g/mol. The van der Waals surface area contributed by atoms with E-state index in [9.17, 15) is 9.90 Å². The van der Waals surface area contributed by atoms with Crippen LogP contribution < -0.4 is 9.47 Å². The van der Waals surface area contributed by atoms with Gasteiger partial charge in [0.1, 0.15) is 0 Å².